The summed E-state index contributed by atoms with van der Waals surface area (Å²) in [5.41, 5.74) is 1.80. The molecule has 1 aromatic rings. The van der Waals surface area contributed by atoms with Gasteiger partial charge in [0, 0.05) is 31.3 Å². The maximum Gasteiger partial charge on any atom is 0.0484 e. The molecule has 22 heavy (non-hydrogen) atoms. The Hall–Kier alpha value is -0.420. The van der Waals surface area contributed by atoms with Gasteiger partial charge >= 0.3 is 0 Å². The molecule has 2 aliphatic heterocycles. The van der Waals surface area contributed by atoms with E-state index in [4.69, 9.17) is 4.74 Å². The van der Waals surface area contributed by atoms with Crippen molar-refractivity contribution in [2.24, 2.45) is 0 Å². The molecule has 3 nitrogen and oxygen atoms in total. The van der Waals surface area contributed by atoms with Crippen molar-refractivity contribution in [2.45, 2.75) is 57.0 Å². The Balaban J connectivity index is 1.57. The summed E-state index contributed by atoms with van der Waals surface area (Å²) in [5, 5.41) is 8.28. The molecule has 0 unspecified atom stereocenters. The summed E-state index contributed by atoms with van der Waals surface area (Å²) in [7, 11) is 0. The standard InChI is InChI=1S/C18H30N2OS/c1-16(13-17-5-12-22-14-17)19-15-18(6-10-21-11-7-18)20-8-3-2-4-9-20/h5,12,14,16,19H,2-4,6-11,13,15H2,1H3/t16-/m0/s1. The second-order valence-electron chi connectivity index (χ2n) is 7.00. The third kappa shape index (κ3) is 4.10. The number of rotatable bonds is 6. The SMILES string of the molecule is C[C@@H](Cc1ccsc1)NCC1(N2CCCCC2)CCOCC1. The van der Waals surface area contributed by atoms with E-state index in [2.05, 4.69) is 34.0 Å². The van der Waals surface area contributed by atoms with Crippen LogP contribution in [-0.2, 0) is 11.2 Å². The highest BCUT2D eigenvalue weighted by atomic mass is 32.1. The van der Waals surface area contributed by atoms with Crippen LogP contribution in [-0.4, -0.2) is 49.3 Å². The number of thiophene rings is 1. The van der Waals surface area contributed by atoms with E-state index < -0.39 is 0 Å². The first-order valence-corrected chi connectivity index (χ1v) is 9.80. The molecule has 0 spiro atoms. The second-order valence-corrected chi connectivity index (χ2v) is 7.78. The molecule has 2 saturated heterocycles. The molecular formula is C18H30N2OS. The van der Waals surface area contributed by atoms with Crippen molar-refractivity contribution in [3.05, 3.63) is 22.4 Å². The quantitative estimate of drug-likeness (QED) is 0.870. The van der Waals surface area contributed by atoms with E-state index in [-0.39, 0.29) is 0 Å². The molecule has 0 aliphatic carbocycles. The minimum atomic E-state index is 0.335. The topological polar surface area (TPSA) is 24.5 Å². The van der Waals surface area contributed by atoms with Gasteiger partial charge in [0.15, 0.2) is 0 Å². The summed E-state index contributed by atoms with van der Waals surface area (Å²) in [6.45, 7) is 7.85. The van der Waals surface area contributed by atoms with Crippen LogP contribution in [0.25, 0.3) is 0 Å². The monoisotopic (exact) mass is 322 g/mol. The van der Waals surface area contributed by atoms with E-state index in [1.54, 1.807) is 11.3 Å². The molecule has 4 heteroatoms. The maximum atomic E-state index is 5.65. The normalized spacial score (nSPS) is 24.2. The van der Waals surface area contributed by atoms with Crippen LogP contribution in [0.4, 0.5) is 0 Å². The summed E-state index contributed by atoms with van der Waals surface area (Å²) >= 11 is 1.80. The fraction of sp³-hybridized carbons (Fsp3) is 0.778. The number of nitrogens with zero attached hydrogens (tertiary/aromatic N) is 1. The minimum absolute atomic E-state index is 0.335. The Bertz CT molecular complexity index is 422. The number of piperidine rings is 1. The highest BCUT2D eigenvalue weighted by Gasteiger charge is 2.38. The van der Waals surface area contributed by atoms with Crippen LogP contribution in [0.3, 0.4) is 0 Å². The molecule has 3 heterocycles. The van der Waals surface area contributed by atoms with Crippen LogP contribution < -0.4 is 5.32 Å². The Morgan fingerprint density at radius 1 is 1.27 bits per heavy atom. The minimum Gasteiger partial charge on any atom is -0.381 e. The molecule has 1 aromatic heterocycles. The summed E-state index contributed by atoms with van der Waals surface area (Å²) in [4.78, 5) is 2.77. The van der Waals surface area contributed by atoms with E-state index in [0.29, 0.717) is 11.6 Å². The summed E-state index contributed by atoms with van der Waals surface area (Å²) in [6.07, 6.45) is 7.65. The zero-order chi connectivity index (χ0) is 15.3. The van der Waals surface area contributed by atoms with Gasteiger partial charge < -0.3 is 10.1 Å². The molecule has 0 saturated carbocycles. The van der Waals surface area contributed by atoms with Crippen molar-refractivity contribution in [1.82, 2.24) is 10.2 Å². The molecule has 3 rings (SSSR count). The predicted molar refractivity (Wildman–Crippen MR) is 93.7 cm³/mol. The van der Waals surface area contributed by atoms with Gasteiger partial charge in [0.25, 0.3) is 0 Å². The number of ether oxygens (including phenoxy) is 1. The second kappa shape index (κ2) is 7.91. The Morgan fingerprint density at radius 3 is 2.73 bits per heavy atom. The molecule has 124 valence electrons. The smallest absolute Gasteiger partial charge is 0.0484 e. The highest BCUT2D eigenvalue weighted by Crippen LogP contribution is 2.30. The Labute approximate surface area is 139 Å². The van der Waals surface area contributed by atoms with E-state index in [0.717, 1.165) is 26.2 Å². The molecule has 0 amide bonds. The van der Waals surface area contributed by atoms with E-state index in [1.165, 1.54) is 50.8 Å². The number of hydrogen-bond donors (Lipinski definition) is 1. The number of hydrogen-bond acceptors (Lipinski definition) is 4. The third-order valence-electron chi connectivity index (χ3n) is 5.35. The molecular weight excluding hydrogens is 292 g/mol. The Morgan fingerprint density at radius 2 is 2.05 bits per heavy atom. The van der Waals surface area contributed by atoms with Gasteiger partial charge in [-0.2, -0.15) is 11.3 Å². The van der Waals surface area contributed by atoms with Gasteiger partial charge in [-0.05, 0) is 74.5 Å². The van der Waals surface area contributed by atoms with Gasteiger partial charge in [0.2, 0.25) is 0 Å². The van der Waals surface area contributed by atoms with Crippen molar-refractivity contribution < 1.29 is 4.74 Å². The average molecular weight is 323 g/mol. The van der Waals surface area contributed by atoms with E-state index in [1.807, 2.05) is 0 Å². The summed E-state index contributed by atoms with van der Waals surface area (Å²) in [6, 6.07) is 2.79. The highest BCUT2D eigenvalue weighted by molar-refractivity contribution is 7.07. The van der Waals surface area contributed by atoms with E-state index >= 15 is 0 Å². The molecule has 0 bridgehead atoms. The van der Waals surface area contributed by atoms with Crippen LogP contribution in [0.2, 0.25) is 0 Å². The average Bonchev–Trinajstić information content (AvgIpc) is 3.08. The lowest BCUT2D eigenvalue weighted by Crippen LogP contribution is -2.60. The first kappa shape index (κ1) is 16.4. The van der Waals surface area contributed by atoms with Crippen LogP contribution in [0.15, 0.2) is 16.8 Å². The first-order valence-electron chi connectivity index (χ1n) is 8.86. The lowest BCUT2D eigenvalue weighted by molar-refractivity contribution is -0.0366. The number of likely N-dealkylation sites (tertiary alicyclic amines) is 1. The van der Waals surface area contributed by atoms with Crippen LogP contribution in [0.1, 0.15) is 44.6 Å². The predicted octanol–water partition coefficient (Wildman–Crippen LogP) is 3.30. The lowest BCUT2D eigenvalue weighted by atomic mass is 9.85. The van der Waals surface area contributed by atoms with Crippen molar-refractivity contribution in [3.8, 4) is 0 Å². The first-order chi connectivity index (χ1) is 10.8. The molecule has 2 fully saturated rings. The number of nitrogens with one attached hydrogen (secondary N) is 1. The Kier molecular flexibility index (Phi) is 5.91. The van der Waals surface area contributed by atoms with Crippen molar-refractivity contribution in [1.29, 1.82) is 0 Å². The molecule has 1 atom stereocenters. The van der Waals surface area contributed by atoms with Crippen LogP contribution >= 0.6 is 11.3 Å². The van der Waals surface area contributed by atoms with Gasteiger partial charge in [0.1, 0.15) is 0 Å². The van der Waals surface area contributed by atoms with Crippen LogP contribution in [0, 0.1) is 0 Å². The molecule has 1 N–H and O–H groups in total. The fourth-order valence-electron chi connectivity index (χ4n) is 3.92. The fourth-order valence-corrected chi connectivity index (χ4v) is 4.60. The van der Waals surface area contributed by atoms with Gasteiger partial charge in [-0.1, -0.05) is 6.42 Å². The zero-order valence-corrected chi connectivity index (χ0v) is 14.7. The van der Waals surface area contributed by atoms with E-state index in [9.17, 15) is 0 Å². The van der Waals surface area contributed by atoms with Gasteiger partial charge in [0.05, 0.1) is 0 Å². The van der Waals surface area contributed by atoms with Gasteiger partial charge in [-0.25, -0.2) is 0 Å². The van der Waals surface area contributed by atoms with Gasteiger partial charge in [-0.3, -0.25) is 4.90 Å². The zero-order valence-electron chi connectivity index (χ0n) is 13.9. The maximum absolute atomic E-state index is 5.65. The largest absolute Gasteiger partial charge is 0.381 e. The van der Waals surface area contributed by atoms with Crippen molar-refractivity contribution in [3.63, 3.8) is 0 Å². The molecule has 2 aliphatic rings. The molecule has 0 aromatic carbocycles. The van der Waals surface area contributed by atoms with Gasteiger partial charge in [-0.15, -0.1) is 0 Å². The summed E-state index contributed by atoms with van der Waals surface area (Å²) < 4.78 is 5.65. The summed E-state index contributed by atoms with van der Waals surface area (Å²) in [5.74, 6) is 0. The van der Waals surface area contributed by atoms with Crippen molar-refractivity contribution >= 4 is 11.3 Å². The lowest BCUT2D eigenvalue weighted by Gasteiger charge is -2.48. The molecule has 0 radical (unpaired) electrons. The van der Waals surface area contributed by atoms with Crippen molar-refractivity contribution in [2.75, 3.05) is 32.8 Å². The van der Waals surface area contributed by atoms with Crippen LogP contribution in [0.5, 0.6) is 0 Å². The third-order valence-corrected chi connectivity index (χ3v) is 6.08.